The molecular formula is C24H30N4O2S. The number of nitrogens with one attached hydrogen (secondary N) is 1. The first-order chi connectivity index (χ1) is 15.0. The van der Waals surface area contributed by atoms with Gasteiger partial charge in [-0.1, -0.05) is 38.0 Å². The second-order valence-corrected chi connectivity index (χ2v) is 8.60. The van der Waals surface area contributed by atoms with Crippen LogP contribution in [-0.4, -0.2) is 50.9 Å². The summed E-state index contributed by atoms with van der Waals surface area (Å²) in [4.78, 5) is 29.3. The van der Waals surface area contributed by atoms with Gasteiger partial charge in [0, 0.05) is 36.8 Å². The van der Waals surface area contributed by atoms with E-state index in [1.54, 1.807) is 4.90 Å². The minimum Gasteiger partial charge on any atom is -0.341 e. The van der Waals surface area contributed by atoms with E-state index in [-0.39, 0.29) is 11.8 Å². The Kier molecular flexibility index (Phi) is 6.41. The molecule has 1 N–H and O–H groups in total. The summed E-state index contributed by atoms with van der Waals surface area (Å²) in [6.45, 7) is 6.57. The molecule has 1 aromatic carbocycles. The highest BCUT2D eigenvalue weighted by atomic mass is 32.1. The van der Waals surface area contributed by atoms with Crippen molar-refractivity contribution >= 4 is 46.1 Å². The zero-order valence-corrected chi connectivity index (χ0v) is 19.1. The largest absolute Gasteiger partial charge is 0.341 e. The van der Waals surface area contributed by atoms with Crippen molar-refractivity contribution in [3.63, 3.8) is 0 Å². The predicted molar refractivity (Wildman–Crippen MR) is 127 cm³/mol. The molecule has 0 bridgehead atoms. The summed E-state index contributed by atoms with van der Waals surface area (Å²) < 4.78 is 2.06. The second kappa shape index (κ2) is 9.22. The molecule has 2 fully saturated rings. The molecule has 2 aliphatic heterocycles. The lowest BCUT2D eigenvalue weighted by Crippen LogP contribution is -2.34. The third kappa shape index (κ3) is 4.24. The maximum absolute atomic E-state index is 13.1. The molecule has 7 heteroatoms. The highest BCUT2D eigenvalue weighted by molar-refractivity contribution is 7.80. The summed E-state index contributed by atoms with van der Waals surface area (Å²) in [5.74, 6) is 0.0537. The van der Waals surface area contributed by atoms with Crippen molar-refractivity contribution in [2.45, 2.75) is 52.5 Å². The number of carbonyl (C=O) groups excluding carboxylic acids is 2. The van der Waals surface area contributed by atoms with Crippen LogP contribution in [-0.2, 0) is 22.6 Å². The Hall–Kier alpha value is -2.67. The van der Waals surface area contributed by atoms with Gasteiger partial charge in [0.15, 0.2) is 5.11 Å². The fourth-order valence-corrected chi connectivity index (χ4v) is 4.89. The number of hydrogen-bond donors (Lipinski definition) is 1. The van der Waals surface area contributed by atoms with E-state index in [1.807, 2.05) is 30.2 Å². The van der Waals surface area contributed by atoms with Crippen LogP contribution in [0.25, 0.3) is 17.0 Å². The van der Waals surface area contributed by atoms with Crippen LogP contribution in [0.4, 0.5) is 0 Å². The molecule has 31 heavy (non-hydrogen) atoms. The number of aromatic nitrogens is 1. The van der Waals surface area contributed by atoms with Gasteiger partial charge in [-0.2, -0.15) is 0 Å². The number of carbonyl (C=O) groups is 2. The summed E-state index contributed by atoms with van der Waals surface area (Å²) in [6, 6.07) is 6.21. The van der Waals surface area contributed by atoms with Gasteiger partial charge in [0.25, 0.3) is 5.91 Å². The lowest BCUT2D eigenvalue weighted by atomic mass is 10.1. The van der Waals surface area contributed by atoms with Crippen molar-refractivity contribution in [2.24, 2.45) is 0 Å². The summed E-state index contributed by atoms with van der Waals surface area (Å²) in [7, 11) is 0. The first kappa shape index (κ1) is 21.6. The van der Waals surface area contributed by atoms with Crippen LogP contribution in [0, 0.1) is 0 Å². The first-order valence-corrected chi connectivity index (χ1v) is 11.7. The van der Waals surface area contributed by atoms with E-state index in [4.69, 9.17) is 12.2 Å². The zero-order chi connectivity index (χ0) is 22.0. The summed E-state index contributed by atoms with van der Waals surface area (Å²) in [5, 5.41) is 4.52. The van der Waals surface area contributed by atoms with Crippen LogP contribution in [0.1, 0.15) is 50.7 Å². The lowest BCUT2D eigenvalue weighted by Gasteiger charge is -2.21. The number of para-hydroxylation sites is 1. The molecule has 1 aromatic heterocycles. The van der Waals surface area contributed by atoms with Crippen LogP contribution in [0.15, 0.2) is 30.1 Å². The Morgan fingerprint density at radius 2 is 1.90 bits per heavy atom. The number of thiocarbonyl (C=S) groups is 1. The minimum atomic E-state index is -0.110. The van der Waals surface area contributed by atoms with E-state index in [0.29, 0.717) is 23.9 Å². The number of fused-ring (bicyclic) bond motifs is 1. The average molecular weight is 439 g/mol. The molecule has 4 rings (SSSR count). The Balaban J connectivity index is 1.71. The van der Waals surface area contributed by atoms with Crippen LogP contribution < -0.4 is 5.32 Å². The number of amides is 2. The van der Waals surface area contributed by atoms with Crippen molar-refractivity contribution in [2.75, 3.05) is 19.6 Å². The van der Waals surface area contributed by atoms with Crippen LogP contribution in [0.5, 0.6) is 0 Å². The van der Waals surface area contributed by atoms with E-state index >= 15 is 0 Å². The van der Waals surface area contributed by atoms with Crippen molar-refractivity contribution in [3.8, 4) is 0 Å². The fraction of sp³-hybridized carbons (Fsp3) is 0.458. The first-order valence-electron chi connectivity index (χ1n) is 11.3. The Labute approximate surface area is 188 Å². The third-order valence-electron chi connectivity index (χ3n) is 6.24. The van der Waals surface area contributed by atoms with Gasteiger partial charge in [0.1, 0.15) is 12.2 Å². The molecule has 2 amide bonds. The molecule has 2 aliphatic rings. The number of rotatable bonds is 5. The molecule has 0 aliphatic carbocycles. The molecule has 164 valence electrons. The summed E-state index contributed by atoms with van der Waals surface area (Å²) in [5.41, 5.74) is 3.67. The highest BCUT2D eigenvalue weighted by Crippen LogP contribution is 2.28. The number of likely N-dealkylation sites (tertiary alicyclic amines) is 1. The van der Waals surface area contributed by atoms with E-state index in [9.17, 15) is 9.59 Å². The molecule has 0 radical (unpaired) electrons. The van der Waals surface area contributed by atoms with Gasteiger partial charge < -0.3 is 14.8 Å². The smallest absolute Gasteiger partial charge is 0.276 e. The third-order valence-corrected chi connectivity index (χ3v) is 6.56. The predicted octanol–water partition coefficient (Wildman–Crippen LogP) is 3.68. The quantitative estimate of drug-likeness (QED) is 0.572. The van der Waals surface area contributed by atoms with Gasteiger partial charge in [0.2, 0.25) is 5.91 Å². The van der Waals surface area contributed by atoms with Gasteiger partial charge in [-0.25, -0.2) is 0 Å². The SMILES string of the molecule is CCc1cccc2c(/C=C3\NC(=S)N(CC)C3=O)cn(CC(=O)N3CCCCCC3)c12. The molecule has 3 heterocycles. The summed E-state index contributed by atoms with van der Waals surface area (Å²) >= 11 is 5.29. The van der Waals surface area contributed by atoms with Gasteiger partial charge in [-0.15, -0.1) is 0 Å². The Morgan fingerprint density at radius 1 is 1.16 bits per heavy atom. The number of likely N-dealkylation sites (N-methyl/N-ethyl adjacent to an activating group) is 1. The number of aryl methyl sites for hydroxylation is 1. The highest BCUT2D eigenvalue weighted by Gasteiger charge is 2.29. The van der Waals surface area contributed by atoms with E-state index in [0.717, 1.165) is 48.8 Å². The van der Waals surface area contributed by atoms with E-state index < -0.39 is 0 Å². The van der Waals surface area contributed by atoms with Crippen LogP contribution >= 0.6 is 12.2 Å². The lowest BCUT2D eigenvalue weighted by molar-refractivity contribution is -0.131. The van der Waals surface area contributed by atoms with Gasteiger partial charge in [-0.3, -0.25) is 14.5 Å². The number of nitrogens with zero attached hydrogens (tertiary/aromatic N) is 3. The van der Waals surface area contributed by atoms with Crippen LogP contribution in [0.3, 0.4) is 0 Å². The molecule has 0 unspecified atom stereocenters. The maximum atomic E-state index is 13.1. The van der Waals surface area contributed by atoms with E-state index in [1.165, 1.54) is 18.4 Å². The fourth-order valence-electron chi connectivity index (χ4n) is 4.57. The van der Waals surface area contributed by atoms with Gasteiger partial charge in [-0.05, 0) is 50.0 Å². The molecular weight excluding hydrogens is 408 g/mol. The zero-order valence-electron chi connectivity index (χ0n) is 18.3. The topological polar surface area (TPSA) is 57.6 Å². The standard InChI is InChI=1S/C24H30N4O2S/c1-3-17-10-9-11-19-18(14-20-23(30)28(4-2)24(31)25-20)15-27(22(17)19)16-21(29)26-12-7-5-6-8-13-26/h9-11,14-15H,3-8,12-13,16H2,1-2H3,(H,25,31)/b20-14-. The molecule has 6 nitrogen and oxygen atoms in total. The van der Waals surface area contributed by atoms with Crippen molar-refractivity contribution in [3.05, 3.63) is 41.2 Å². The second-order valence-electron chi connectivity index (χ2n) is 8.21. The van der Waals surface area contributed by atoms with Crippen molar-refractivity contribution < 1.29 is 9.59 Å². The monoisotopic (exact) mass is 438 g/mol. The van der Waals surface area contributed by atoms with Gasteiger partial charge >= 0.3 is 0 Å². The minimum absolute atomic E-state index is 0.110. The molecule has 0 saturated carbocycles. The summed E-state index contributed by atoms with van der Waals surface area (Å²) in [6.07, 6.45) is 9.30. The maximum Gasteiger partial charge on any atom is 0.276 e. The van der Waals surface area contributed by atoms with Gasteiger partial charge in [0.05, 0.1) is 5.52 Å². The Bertz CT molecular complexity index is 1050. The molecule has 2 saturated heterocycles. The Morgan fingerprint density at radius 3 is 2.55 bits per heavy atom. The normalized spacial score (nSPS) is 18.7. The number of benzene rings is 1. The molecule has 2 aromatic rings. The van der Waals surface area contributed by atoms with Crippen molar-refractivity contribution in [1.82, 2.24) is 19.7 Å². The van der Waals surface area contributed by atoms with E-state index in [2.05, 4.69) is 28.9 Å². The van der Waals surface area contributed by atoms with Crippen molar-refractivity contribution in [1.29, 1.82) is 0 Å². The molecule has 0 atom stereocenters. The molecule has 0 spiro atoms. The average Bonchev–Trinajstić information content (AvgIpc) is 3.08. The number of hydrogen-bond acceptors (Lipinski definition) is 3. The van der Waals surface area contributed by atoms with Crippen LogP contribution in [0.2, 0.25) is 0 Å².